The lowest BCUT2D eigenvalue weighted by Gasteiger charge is -2.14. The number of fused-ring (bicyclic) bond motifs is 1. The molecule has 0 saturated heterocycles. The number of rotatable bonds is 2. The van der Waals surface area contributed by atoms with Crippen molar-refractivity contribution >= 4 is 28.7 Å². The van der Waals surface area contributed by atoms with Crippen LogP contribution >= 0.6 is 11.6 Å². The van der Waals surface area contributed by atoms with Gasteiger partial charge in [-0.05, 0) is 12.1 Å². The van der Waals surface area contributed by atoms with Crippen molar-refractivity contribution in [2.75, 3.05) is 0 Å². The quantitative estimate of drug-likeness (QED) is 0.551. The standard InChI is InChI=1S/C15H6ClF3N2O4/c16-14-11(19)12-7(4-20-14)13(22)10(25-15(23)24)5-21(12)9-2-1-6(17)3-8(9)18/h1-5H,(H,23,24). The van der Waals surface area contributed by atoms with Gasteiger partial charge in [0, 0.05) is 12.3 Å². The Hall–Kier alpha value is -3.07. The maximum absolute atomic E-state index is 14.4. The first-order valence-electron chi connectivity index (χ1n) is 6.55. The zero-order valence-corrected chi connectivity index (χ0v) is 12.7. The van der Waals surface area contributed by atoms with Crippen molar-refractivity contribution in [2.24, 2.45) is 0 Å². The van der Waals surface area contributed by atoms with Crippen LogP contribution < -0.4 is 10.2 Å². The first-order valence-corrected chi connectivity index (χ1v) is 6.93. The van der Waals surface area contributed by atoms with Gasteiger partial charge in [-0.15, -0.1) is 0 Å². The summed E-state index contributed by atoms with van der Waals surface area (Å²) >= 11 is 5.61. The molecule has 0 amide bonds. The van der Waals surface area contributed by atoms with Crippen LogP contribution in [0.15, 0.2) is 35.4 Å². The summed E-state index contributed by atoms with van der Waals surface area (Å²) in [5.41, 5.74) is -1.81. The summed E-state index contributed by atoms with van der Waals surface area (Å²) in [5.74, 6) is -3.82. The SMILES string of the molecule is O=C(O)Oc1cn(-c2ccc(F)cc2F)c2c(F)c(Cl)ncc2c1=O. The van der Waals surface area contributed by atoms with Crippen molar-refractivity contribution < 1.29 is 27.8 Å². The van der Waals surface area contributed by atoms with Gasteiger partial charge >= 0.3 is 6.16 Å². The summed E-state index contributed by atoms with van der Waals surface area (Å²) in [7, 11) is 0. The highest BCUT2D eigenvalue weighted by atomic mass is 35.5. The molecule has 1 N–H and O–H groups in total. The molecule has 2 heterocycles. The molecule has 0 aliphatic rings. The molecule has 0 radical (unpaired) electrons. The molecular formula is C15H6ClF3N2O4. The van der Waals surface area contributed by atoms with Gasteiger partial charge in [-0.25, -0.2) is 22.9 Å². The van der Waals surface area contributed by atoms with Gasteiger partial charge in [-0.3, -0.25) is 4.79 Å². The van der Waals surface area contributed by atoms with E-state index in [4.69, 9.17) is 16.7 Å². The van der Waals surface area contributed by atoms with E-state index < -0.39 is 50.8 Å². The zero-order valence-electron chi connectivity index (χ0n) is 12.0. The van der Waals surface area contributed by atoms with Crippen molar-refractivity contribution in [1.29, 1.82) is 0 Å². The molecular weight excluding hydrogens is 365 g/mol. The van der Waals surface area contributed by atoms with E-state index in [0.717, 1.165) is 29.1 Å². The number of ether oxygens (including phenoxy) is 1. The molecule has 0 atom stereocenters. The maximum atomic E-state index is 14.4. The molecule has 1 aromatic carbocycles. The summed E-state index contributed by atoms with van der Waals surface area (Å²) in [6, 6.07) is 2.42. The molecule has 3 aromatic rings. The molecule has 128 valence electrons. The molecule has 0 saturated carbocycles. The Kier molecular flexibility index (Phi) is 4.09. The Morgan fingerprint density at radius 1 is 1.28 bits per heavy atom. The summed E-state index contributed by atoms with van der Waals surface area (Å²) in [6.45, 7) is 0. The highest BCUT2D eigenvalue weighted by Crippen LogP contribution is 2.27. The highest BCUT2D eigenvalue weighted by Gasteiger charge is 2.20. The first kappa shape index (κ1) is 16.8. The first-order chi connectivity index (χ1) is 11.8. The fraction of sp³-hybridized carbons (Fsp3) is 0. The van der Waals surface area contributed by atoms with Gasteiger partial charge in [-0.1, -0.05) is 11.6 Å². The smallest absolute Gasteiger partial charge is 0.449 e. The molecule has 0 unspecified atom stereocenters. The van der Waals surface area contributed by atoms with E-state index in [0.29, 0.717) is 6.07 Å². The zero-order chi connectivity index (χ0) is 18.3. The molecule has 0 fully saturated rings. The lowest BCUT2D eigenvalue weighted by Crippen LogP contribution is -2.17. The van der Waals surface area contributed by atoms with Crippen LogP contribution in [-0.2, 0) is 0 Å². The molecule has 0 bridgehead atoms. The number of aromatic nitrogens is 2. The van der Waals surface area contributed by atoms with E-state index in [2.05, 4.69) is 9.72 Å². The van der Waals surface area contributed by atoms with Crippen LogP contribution in [0.25, 0.3) is 16.6 Å². The average Bonchev–Trinajstić information content (AvgIpc) is 2.53. The van der Waals surface area contributed by atoms with Crippen LogP contribution in [0.4, 0.5) is 18.0 Å². The van der Waals surface area contributed by atoms with Crippen LogP contribution in [0.2, 0.25) is 5.15 Å². The Labute approximate surface area is 141 Å². The summed E-state index contributed by atoms with van der Waals surface area (Å²) in [4.78, 5) is 26.5. The highest BCUT2D eigenvalue weighted by molar-refractivity contribution is 6.30. The molecule has 2 aromatic heterocycles. The molecule has 0 aliphatic carbocycles. The van der Waals surface area contributed by atoms with E-state index >= 15 is 0 Å². The molecule has 0 spiro atoms. The Morgan fingerprint density at radius 3 is 2.64 bits per heavy atom. The van der Waals surface area contributed by atoms with Crippen LogP contribution in [0.1, 0.15) is 0 Å². The van der Waals surface area contributed by atoms with Crippen molar-refractivity contribution in [3.8, 4) is 11.4 Å². The summed E-state index contributed by atoms with van der Waals surface area (Å²) < 4.78 is 46.8. The number of nitrogens with zero attached hydrogens (tertiary/aromatic N) is 2. The average molecular weight is 371 g/mol. The van der Waals surface area contributed by atoms with Gasteiger partial charge in [-0.2, -0.15) is 0 Å². The molecule has 3 rings (SSSR count). The Bertz CT molecular complexity index is 1080. The monoisotopic (exact) mass is 370 g/mol. The largest absolute Gasteiger partial charge is 0.511 e. The molecule has 0 aliphatic heterocycles. The molecule has 6 nitrogen and oxygen atoms in total. The molecule has 25 heavy (non-hydrogen) atoms. The van der Waals surface area contributed by atoms with Gasteiger partial charge in [0.15, 0.2) is 16.7 Å². The van der Waals surface area contributed by atoms with Crippen molar-refractivity contribution in [3.05, 3.63) is 63.4 Å². The van der Waals surface area contributed by atoms with Crippen LogP contribution in [-0.4, -0.2) is 20.8 Å². The topological polar surface area (TPSA) is 81.4 Å². The third-order valence-electron chi connectivity index (χ3n) is 3.27. The predicted octanol–water partition coefficient (Wildman–Crippen LogP) is 3.51. The molecule has 10 heteroatoms. The van der Waals surface area contributed by atoms with E-state index in [9.17, 15) is 22.8 Å². The van der Waals surface area contributed by atoms with E-state index in [-0.39, 0.29) is 5.69 Å². The van der Waals surface area contributed by atoms with Crippen LogP contribution in [0.5, 0.6) is 5.75 Å². The third kappa shape index (κ3) is 2.89. The Morgan fingerprint density at radius 2 is 2.00 bits per heavy atom. The third-order valence-corrected chi connectivity index (χ3v) is 3.54. The Balaban J connectivity index is 2.47. The van der Waals surface area contributed by atoms with E-state index in [1.165, 1.54) is 0 Å². The predicted molar refractivity (Wildman–Crippen MR) is 80.9 cm³/mol. The minimum Gasteiger partial charge on any atom is -0.449 e. The number of benzene rings is 1. The van der Waals surface area contributed by atoms with Gasteiger partial charge in [0.1, 0.15) is 11.6 Å². The van der Waals surface area contributed by atoms with Crippen LogP contribution in [0.3, 0.4) is 0 Å². The lowest BCUT2D eigenvalue weighted by molar-refractivity contribution is 0.144. The summed E-state index contributed by atoms with van der Waals surface area (Å²) in [6.07, 6.45) is -0.130. The number of pyridine rings is 2. The minimum atomic E-state index is -1.80. The van der Waals surface area contributed by atoms with E-state index in [1.807, 2.05) is 0 Å². The second kappa shape index (κ2) is 6.10. The van der Waals surface area contributed by atoms with Crippen molar-refractivity contribution in [1.82, 2.24) is 9.55 Å². The van der Waals surface area contributed by atoms with Crippen molar-refractivity contribution in [3.63, 3.8) is 0 Å². The normalized spacial score (nSPS) is 10.9. The number of carbonyl (C=O) groups is 1. The number of carboxylic acid groups (broad SMARTS) is 1. The van der Waals surface area contributed by atoms with Gasteiger partial charge in [0.05, 0.1) is 22.8 Å². The fourth-order valence-corrected chi connectivity index (χ4v) is 2.40. The van der Waals surface area contributed by atoms with Gasteiger partial charge < -0.3 is 14.4 Å². The second-order valence-electron chi connectivity index (χ2n) is 4.78. The maximum Gasteiger partial charge on any atom is 0.511 e. The van der Waals surface area contributed by atoms with Gasteiger partial charge in [0.25, 0.3) is 0 Å². The van der Waals surface area contributed by atoms with Crippen LogP contribution in [0, 0.1) is 17.5 Å². The number of hydrogen-bond acceptors (Lipinski definition) is 4. The minimum absolute atomic E-state index is 0.359. The number of halogens is 4. The van der Waals surface area contributed by atoms with Gasteiger partial charge in [0.2, 0.25) is 5.43 Å². The number of hydrogen-bond donors (Lipinski definition) is 1. The fourth-order valence-electron chi connectivity index (χ4n) is 2.26. The van der Waals surface area contributed by atoms with Crippen molar-refractivity contribution in [2.45, 2.75) is 0 Å². The second-order valence-corrected chi connectivity index (χ2v) is 5.14. The van der Waals surface area contributed by atoms with E-state index in [1.54, 1.807) is 0 Å². The lowest BCUT2D eigenvalue weighted by atomic mass is 10.2. The summed E-state index contributed by atoms with van der Waals surface area (Å²) in [5, 5.41) is 7.72.